The van der Waals surface area contributed by atoms with Crippen LogP contribution in [-0.2, 0) is 9.59 Å². The van der Waals surface area contributed by atoms with Gasteiger partial charge in [-0.2, -0.15) is 0 Å². The number of benzene rings is 3. The summed E-state index contributed by atoms with van der Waals surface area (Å²) < 4.78 is 5.46. The number of anilines is 2. The van der Waals surface area contributed by atoms with Crippen LogP contribution in [0.25, 0.3) is 5.57 Å². The molecule has 0 bridgehead atoms. The van der Waals surface area contributed by atoms with Crippen LogP contribution in [0.2, 0.25) is 5.02 Å². The van der Waals surface area contributed by atoms with Gasteiger partial charge in [0.2, 0.25) is 0 Å². The van der Waals surface area contributed by atoms with Gasteiger partial charge >= 0.3 is 0 Å². The van der Waals surface area contributed by atoms with Gasteiger partial charge in [0.15, 0.2) is 0 Å². The van der Waals surface area contributed by atoms with Gasteiger partial charge in [-0.15, -0.1) is 0 Å². The maximum atomic E-state index is 13.6. The fourth-order valence-electron chi connectivity index (χ4n) is 3.78. The predicted octanol–water partition coefficient (Wildman–Crippen LogP) is 5.67. The van der Waals surface area contributed by atoms with Crippen LogP contribution in [0.1, 0.15) is 22.3 Å². The highest BCUT2D eigenvalue weighted by molar-refractivity contribution is 6.46. The van der Waals surface area contributed by atoms with Crippen molar-refractivity contribution in [1.29, 1.82) is 0 Å². The molecule has 3 aromatic rings. The third-order valence-electron chi connectivity index (χ3n) is 5.44. The Morgan fingerprint density at radius 1 is 0.844 bits per heavy atom. The molecule has 1 aliphatic rings. The normalized spacial score (nSPS) is 13.7. The van der Waals surface area contributed by atoms with Gasteiger partial charge in [-0.3, -0.25) is 9.59 Å². The van der Waals surface area contributed by atoms with Crippen molar-refractivity contribution < 1.29 is 14.3 Å². The predicted molar refractivity (Wildman–Crippen MR) is 128 cm³/mol. The number of nitrogens with zero attached hydrogens (tertiary/aromatic N) is 1. The number of halogens is 1. The second kappa shape index (κ2) is 8.52. The lowest BCUT2D eigenvalue weighted by atomic mass is 10.0. The topological polar surface area (TPSA) is 58.6 Å². The zero-order valence-corrected chi connectivity index (χ0v) is 19.1. The molecule has 0 atom stereocenters. The molecule has 0 aliphatic carbocycles. The van der Waals surface area contributed by atoms with E-state index >= 15 is 0 Å². The average molecular weight is 447 g/mol. The van der Waals surface area contributed by atoms with Crippen molar-refractivity contribution in [3.8, 4) is 5.75 Å². The molecule has 0 saturated carbocycles. The summed E-state index contributed by atoms with van der Waals surface area (Å²) in [6.07, 6.45) is 0. The zero-order valence-electron chi connectivity index (χ0n) is 18.3. The molecule has 1 heterocycles. The summed E-state index contributed by atoms with van der Waals surface area (Å²) in [4.78, 5) is 28.4. The van der Waals surface area contributed by atoms with Crippen LogP contribution < -0.4 is 15.0 Å². The summed E-state index contributed by atoms with van der Waals surface area (Å²) >= 11 is 6.09. The van der Waals surface area contributed by atoms with Crippen LogP contribution in [0.4, 0.5) is 11.4 Å². The molecule has 1 aliphatic heterocycles. The molecule has 0 radical (unpaired) electrons. The van der Waals surface area contributed by atoms with E-state index in [0.717, 1.165) is 16.7 Å². The Hall–Kier alpha value is -3.57. The SMILES string of the molecule is COc1ccc(C)cc1NC1=C(c2ccc(C)cc2)C(=O)N(c2ccc(Cl)cc2C)C1=O. The molecule has 0 spiro atoms. The first-order valence-electron chi connectivity index (χ1n) is 10.2. The summed E-state index contributed by atoms with van der Waals surface area (Å²) in [5.74, 6) is -0.245. The van der Waals surface area contributed by atoms with Gasteiger partial charge < -0.3 is 10.1 Å². The van der Waals surface area contributed by atoms with E-state index in [-0.39, 0.29) is 5.70 Å². The Kier molecular flexibility index (Phi) is 5.76. The maximum absolute atomic E-state index is 13.6. The Morgan fingerprint density at radius 3 is 2.19 bits per heavy atom. The molecule has 0 unspecified atom stereocenters. The zero-order chi connectivity index (χ0) is 23.0. The molecule has 6 heteroatoms. The van der Waals surface area contributed by atoms with Gasteiger partial charge in [-0.25, -0.2) is 4.90 Å². The number of hydrogen-bond acceptors (Lipinski definition) is 4. The molecule has 0 saturated heterocycles. The molecule has 1 N–H and O–H groups in total. The number of hydrogen-bond donors (Lipinski definition) is 1. The second-order valence-electron chi connectivity index (χ2n) is 7.82. The first-order chi connectivity index (χ1) is 15.3. The Morgan fingerprint density at radius 2 is 1.53 bits per heavy atom. The molecule has 0 fully saturated rings. The number of imide groups is 1. The average Bonchev–Trinajstić information content (AvgIpc) is 2.99. The van der Waals surface area contributed by atoms with Gasteiger partial charge in [0.05, 0.1) is 24.1 Å². The van der Waals surface area contributed by atoms with Crippen molar-refractivity contribution in [2.75, 3.05) is 17.3 Å². The van der Waals surface area contributed by atoms with Gasteiger partial charge in [0.25, 0.3) is 11.8 Å². The van der Waals surface area contributed by atoms with E-state index in [1.54, 1.807) is 25.3 Å². The van der Waals surface area contributed by atoms with Crippen molar-refractivity contribution >= 4 is 40.4 Å². The number of rotatable bonds is 5. The molecule has 3 aromatic carbocycles. The largest absolute Gasteiger partial charge is 0.495 e. The number of ether oxygens (including phenoxy) is 1. The number of aryl methyl sites for hydroxylation is 3. The van der Waals surface area contributed by atoms with Crippen LogP contribution in [-0.4, -0.2) is 18.9 Å². The van der Waals surface area contributed by atoms with Crippen LogP contribution in [0, 0.1) is 20.8 Å². The minimum atomic E-state index is -0.431. The van der Waals surface area contributed by atoms with Crippen LogP contribution in [0.5, 0.6) is 5.75 Å². The first kappa shape index (κ1) is 21.7. The summed E-state index contributed by atoms with van der Waals surface area (Å²) in [6, 6.07) is 18.3. The van der Waals surface area contributed by atoms with E-state index in [2.05, 4.69) is 5.32 Å². The minimum absolute atomic E-state index is 0.206. The van der Waals surface area contributed by atoms with Gasteiger partial charge in [0, 0.05) is 5.02 Å². The van der Waals surface area contributed by atoms with E-state index in [4.69, 9.17) is 16.3 Å². The number of carbonyl (C=O) groups is 2. The van der Waals surface area contributed by atoms with Gasteiger partial charge in [-0.05, 0) is 67.8 Å². The van der Waals surface area contributed by atoms with Crippen LogP contribution >= 0.6 is 11.6 Å². The lowest BCUT2D eigenvalue weighted by Gasteiger charge is -2.18. The molecule has 2 amide bonds. The summed E-state index contributed by atoms with van der Waals surface area (Å²) in [6.45, 7) is 5.74. The smallest absolute Gasteiger partial charge is 0.282 e. The van der Waals surface area contributed by atoms with Crippen LogP contribution in [0.3, 0.4) is 0 Å². The minimum Gasteiger partial charge on any atom is -0.495 e. The molecular formula is C26H23ClN2O3. The Labute approximate surface area is 192 Å². The third-order valence-corrected chi connectivity index (χ3v) is 5.67. The fraction of sp³-hybridized carbons (Fsp3) is 0.154. The number of nitrogens with one attached hydrogen (secondary N) is 1. The molecule has 0 aromatic heterocycles. The number of methoxy groups -OCH3 is 1. The monoisotopic (exact) mass is 446 g/mol. The van der Waals surface area contributed by atoms with Gasteiger partial charge in [0.1, 0.15) is 11.4 Å². The van der Waals surface area contributed by atoms with Crippen molar-refractivity contribution in [2.24, 2.45) is 0 Å². The van der Waals surface area contributed by atoms with E-state index in [0.29, 0.717) is 33.3 Å². The number of carbonyl (C=O) groups excluding carboxylic acids is 2. The quantitative estimate of drug-likeness (QED) is 0.513. The van der Waals surface area contributed by atoms with Crippen LogP contribution in [0.15, 0.2) is 66.4 Å². The summed E-state index contributed by atoms with van der Waals surface area (Å²) in [5, 5.41) is 3.73. The summed E-state index contributed by atoms with van der Waals surface area (Å²) in [5.41, 5.74) is 5.09. The van der Waals surface area contributed by atoms with Crippen molar-refractivity contribution in [3.05, 3.63) is 93.6 Å². The lowest BCUT2D eigenvalue weighted by Crippen LogP contribution is -2.33. The highest BCUT2D eigenvalue weighted by Gasteiger charge is 2.41. The van der Waals surface area contributed by atoms with E-state index in [9.17, 15) is 9.59 Å². The van der Waals surface area contributed by atoms with Crippen molar-refractivity contribution in [2.45, 2.75) is 20.8 Å². The molecule has 162 valence electrons. The van der Waals surface area contributed by atoms with E-state index in [1.165, 1.54) is 4.90 Å². The second-order valence-corrected chi connectivity index (χ2v) is 8.26. The molecule has 5 nitrogen and oxygen atoms in total. The fourth-order valence-corrected chi connectivity index (χ4v) is 4.00. The van der Waals surface area contributed by atoms with Gasteiger partial charge in [-0.1, -0.05) is 47.5 Å². The van der Waals surface area contributed by atoms with E-state index < -0.39 is 11.8 Å². The highest BCUT2D eigenvalue weighted by atomic mass is 35.5. The van der Waals surface area contributed by atoms with Crippen molar-refractivity contribution in [1.82, 2.24) is 0 Å². The lowest BCUT2D eigenvalue weighted by molar-refractivity contribution is -0.120. The standard InChI is InChI=1S/C26H23ClN2O3/c1-15-5-8-18(9-6-15)23-24(28-20-13-16(2)7-12-22(20)32-4)26(31)29(25(23)30)21-11-10-19(27)14-17(21)3/h5-14,28H,1-4H3. The third kappa shape index (κ3) is 3.87. The van der Waals surface area contributed by atoms with E-state index in [1.807, 2.05) is 63.2 Å². The maximum Gasteiger partial charge on any atom is 0.282 e. The van der Waals surface area contributed by atoms with Crippen molar-refractivity contribution in [3.63, 3.8) is 0 Å². The summed E-state index contributed by atoms with van der Waals surface area (Å²) in [7, 11) is 1.57. The molecule has 32 heavy (non-hydrogen) atoms. The Bertz CT molecular complexity index is 1260. The Balaban J connectivity index is 1.87. The molecule has 4 rings (SSSR count). The molecular weight excluding hydrogens is 424 g/mol. The number of amides is 2. The first-order valence-corrected chi connectivity index (χ1v) is 10.6. The highest BCUT2D eigenvalue weighted by Crippen LogP contribution is 2.37.